The average Bonchev–Trinajstić information content (AvgIpc) is 2.76. The Morgan fingerprint density at radius 1 is 1.50 bits per heavy atom. The van der Waals surface area contributed by atoms with E-state index in [2.05, 4.69) is 4.74 Å². The lowest BCUT2D eigenvalue weighted by Gasteiger charge is -2.35. The largest absolute Gasteiger partial charge is 0.469 e. The lowest BCUT2D eigenvalue weighted by atomic mass is 9.81. The topological polar surface area (TPSA) is 61.8 Å². The molecule has 0 bridgehead atoms. The highest BCUT2D eigenvalue weighted by Crippen LogP contribution is 2.40. The van der Waals surface area contributed by atoms with Gasteiger partial charge in [0.05, 0.1) is 26.2 Å². The molecule has 0 aromatic carbocycles. The molecule has 1 saturated heterocycles. The van der Waals surface area contributed by atoms with E-state index in [1.165, 1.54) is 7.11 Å². The number of carbonyl (C=O) groups is 1. The Balaban J connectivity index is 2.18. The van der Waals surface area contributed by atoms with Crippen LogP contribution in [-0.2, 0) is 23.8 Å². The third-order valence-electron chi connectivity index (χ3n) is 3.14. The minimum atomic E-state index is -0.695. The van der Waals surface area contributed by atoms with E-state index in [-0.39, 0.29) is 0 Å². The van der Waals surface area contributed by atoms with Crippen LogP contribution in [0.4, 0.5) is 0 Å². The van der Waals surface area contributed by atoms with Gasteiger partial charge in [0.15, 0.2) is 5.79 Å². The number of carbonyl (C=O) groups excluding carboxylic acids is 2. The second kappa shape index (κ2) is 4.37. The third kappa shape index (κ3) is 1.89. The van der Waals surface area contributed by atoms with Crippen LogP contribution in [0.25, 0.3) is 0 Å². The van der Waals surface area contributed by atoms with E-state index in [4.69, 9.17) is 9.47 Å². The van der Waals surface area contributed by atoms with Crippen molar-refractivity contribution in [3.8, 4) is 0 Å². The highest BCUT2D eigenvalue weighted by molar-refractivity contribution is 5.79. The van der Waals surface area contributed by atoms with E-state index in [0.29, 0.717) is 38.0 Å². The Bertz CT molecular complexity index is 336. The van der Waals surface area contributed by atoms with Crippen LogP contribution in [0.3, 0.4) is 0 Å². The molecule has 1 saturated carbocycles. The quantitative estimate of drug-likeness (QED) is 0.480. The summed E-state index contributed by atoms with van der Waals surface area (Å²) < 4.78 is 15.7. The van der Waals surface area contributed by atoms with Crippen LogP contribution in [-0.4, -0.2) is 38.0 Å². The molecule has 5 nitrogen and oxygen atoms in total. The molecule has 1 aliphatic heterocycles. The van der Waals surface area contributed by atoms with Gasteiger partial charge in [0.25, 0.3) is 0 Å². The van der Waals surface area contributed by atoms with Crippen molar-refractivity contribution >= 4 is 11.9 Å². The minimum Gasteiger partial charge on any atom is -0.469 e. The summed E-state index contributed by atoms with van der Waals surface area (Å²) >= 11 is 0. The normalized spacial score (nSPS) is 27.8. The van der Waals surface area contributed by atoms with Gasteiger partial charge in [-0.1, -0.05) is 0 Å². The summed E-state index contributed by atoms with van der Waals surface area (Å²) in [7, 11) is 1.31. The van der Waals surface area contributed by atoms with Crippen LogP contribution in [0.5, 0.6) is 0 Å². The number of hydrogen-bond acceptors (Lipinski definition) is 5. The van der Waals surface area contributed by atoms with Crippen LogP contribution in [0, 0.1) is 5.92 Å². The maximum Gasteiger partial charge on any atom is 0.313 e. The Morgan fingerprint density at radius 2 is 2.19 bits per heavy atom. The van der Waals surface area contributed by atoms with Crippen LogP contribution in [0.2, 0.25) is 0 Å². The second-order valence-electron chi connectivity index (χ2n) is 4.01. The molecule has 0 amide bonds. The van der Waals surface area contributed by atoms with E-state index < -0.39 is 17.7 Å². The van der Waals surface area contributed by atoms with Gasteiger partial charge in [0, 0.05) is 18.4 Å². The van der Waals surface area contributed by atoms with Crippen molar-refractivity contribution in [2.45, 2.75) is 25.0 Å². The van der Waals surface area contributed by atoms with Gasteiger partial charge in [-0.25, -0.2) is 4.79 Å². The smallest absolute Gasteiger partial charge is 0.313 e. The van der Waals surface area contributed by atoms with Crippen molar-refractivity contribution in [1.82, 2.24) is 0 Å². The Kier molecular flexibility index (Phi) is 3.10. The zero-order valence-electron chi connectivity index (χ0n) is 9.15. The highest BCUT2D eigenvalue weighted by Gasteiger charge is 2.46. The number of methoxy groups -OCH3 is 1. The third-order valence-corrected chi connectivity index (χ3v) is 3.14. The summed E-state index contributed by atoms with van der Waals surface area (Å²) in [6.07, 6.45) is 1.43. The molecular weight excluding hydrogens is 212 g/mol. The van der Waals surface area contributed by atoms with Gasteiger partial charge < -0.3 is 14.2 Å². The van der Waals surface area contributed by atoms with Gasteiger partial charge in [-0.3, -0.25) is 4.79 Å². The predicted octanol–water partition coefficient (Wildman–Crippen LogP) is 0.461. The van der Waals surface area contributed by atoms with Gasteiger partial charge in [-0.2, -0.15) is 0 Å². The Hall–Kier alpha value is -1.16. The molecule has 2 fully saturated rings. The summed E-state index contributed by atoms with van der Waals surface area (Å²) in [5.41, 5.74) is 0.455. The monoisotopic (exact) mass is 226 g/mol. The van der Waals surface area contributed by atoms with Gasteiger partial charge >= 0.3 is 5.97 Å². The van der Waals surface area contributed by atoms with Crippen LogP contribution in [0.15, 0.2) is 5.57 Å². The fourth-order valence-corrected chi connectivity index (χ4v) is 2.28. The molecule has 0 radical (unpaired) electrons. The minimum absolute atomic E-state index is 0.351. The summed E-state index contributed by atoms with van der Waals surface area (Å²) in [6, 6.07) is 0. The predicted molar refractivity (Wildman–Crippen MR) is 53.2 cm³/mol. The molecule has 2 aliphatic rings. The first-order chi connectivity index (χ1) is 7.71. The molecular formula is C11H14O5. The molecule has 0 N–H and O–H groups in total. The van der Waals surface area contributed by atoms with Crippen molar-refractivity contribution in [2.75, 3.05) is 20.3 Å². The molecule has 1 aliphatic carbocycles. The van der Waals surface area contributed by atoms with Gasteiger partial charge in [-0.05, 0) is 6.42 Å². The van der Waals surface area contributed by atoms with Crippen molar-refractivity contribution in [3.05, 3.63) is 5.57 Å². The maximum atomic E-state index is 11.5. The van der Waals surface area contributed by atoms with E-state index >= 15 is 0 Å². The maximum absolute atomic E-state index is 11.5. The lowest BCUT2D eigenvalue weighted by Crippen LogP contribution is -2.40. The number of ether oxygens (including phenoxy) is 3. The highest BCUT2D eigenvalue weighted by atomic mass is 16.7. The first-order valence-electron chi connectivity index (χ1n) is 5.30. The number of hydrogen-bond donors (Lipinski definition) is 0. The lowest BCUT2D eigenvalue weighted by molar-refractivity contribution is -0.187. The van der Waals surface area contributed by atoms with Crippen molar-refractivity contribution in [1.29, 1.82) is 0 Å². The molecule has 1 unspecified atom stereocenters. The Labute approximate surface area is 93.4 Å². The van der Waals surface area contributed by atoms with E-state index in [9.17, 15) is 9.59 Å². The Morgan fingerprint density at radius 3 is 2.75 bits per heavy atom. The van der Waals surface area contributed by atoms with Crippen molar-refractivity contribution < 1.29 is 23.8 Å². The number of esters is 1. The average molecular weight is 226 g/mol. The molecule has 0 aromatic heterocycles. The molecule has 0 aromatic rings. The van der Waals surface area contributed by atoms with Crippen LogP contribution >= 0.6 is 0 Å². The summed E-state index contributed by atoms with van der Waals surface area (Å²) in [5.74, 6) is 0.141. The summed E-state index contributed by atoms with van der Waals surface area (Å²) in [6.45, 7) is 1.07. The van der Waals surface area contributed by atoms with Gasteiger partial charge in [-0.15, -0.1) is 0 Å². The molecule has 2 rings (SSSR count). The zero-order valence-corrected chi connectivity index (χ0v) is 9.15. The summed E-state index contributed by atoms with van der Waals surface area (Å²) in [4.78, 5) is 22.3. The first-order valence-corrected chi connectivity index (χ1v) is 5.30. The standard InChI is InChI=1S/C11H14O5/c1-14-10(13)9-6-11(15-4-5-16-11)3-2-8(9)7-12/h9H,2-6H2,1H3. The second-order valence-corrected chi connectivity index (χ2v) is 4.01. The molecule has 5 heteroatoms. The molecule has 1 heterocycles. The SMILES string of the molecule is COC(=O)C1CC2(CCC1=C=O)OCCO2. The number of rotatable bonds is 1. The van der Waals surface area contributed by atoms with E-state index in [1.54, 1.807) is 0 Å². The van der Waals surface area contributed by atoms with Crippen molar-refractivity contribution in [3.63, 3.8) is 0 Å². The fraction of sp³-hybridized carbons (Fsp3) is 0.727. The first kappa shape index (κ1) is 11.3. The van der Waals surface area contributed by atoms with Gasteiger partial charge in [0.1, 0.15) is 5.94 Å². The molecule has 1 atom stereocenters. The van der Waals surface area contributed by atoms with Crippen LogP contribution < -0.4 is 0 Å². The summed E-state index contributed by atoms with van der Waals surface area (Å²) in [5, 5.41) is 0. The molecule has 16 heavy (non-hydrogen) atoms. The van der Waals surface area contributed by atoms with Gasteiger partial charge in [0.2, 0.25) is 0 Å². The van der Waals surface area contributed by atoms with Crippen molar-refractivity contribution in [2.24, 2.45) is 5.92 Å². The fourth-order valence-electron chi connectivity index (χ4n) is 2.28. The molecule has 88 valence electrons. The zero-order chi connectivity index (χ0) is 11.6. The van der Waals surface area contributed by atoms with E-state index in [1.807, 2.05) is 5.94 Å². The van der Waals surface area contributed by atoms with E-state index in [0.717, 1.165) is 0 Å². The van der Waals surface area contributed by atoms with Crippen LogP contribution in [0.1, 0.15) is 19.3 Å². The molecule has 1 spiro atoms.